The minimum Gasteiger partial charge on any atom is -0.507 e. The summed E-state index contributed by atoms with van der Waals surface area (Å²) in [5.74, 6) is 0.975. The Labute approximate surface area is 201 Å². The SMILES string of the molecule is Oc1ccccc1C=Nc1cc2c3c(c1)[C@@H](c1ccccc1)CCN3CC[C@@H]2c1ccccc1. The smallest absolute Gasteiger partial charge is 0.124 e. The lowest BCUT2D eigenvalue weighted by atomic mass is 9.76. The van der Waals surface area contributed by atoms with Crippen LogP contribution in [0.25, 0.3) is 0 Å². The average molecular weight is 445 g/mol. The fourth-order valence-electron chi connectivity index (χ4n) is 5.65. The van der Waals surface area contributed by atoms with E-state index in [4.69, 9.17) is 4.99 Å². The Kier molecular flexibility index (Phi) is 5.38. The van der Waals surface area contributed by atoms with Gasteiger partial charge in [0, 0.05) is 42.4 Å². The van der Waals surface area contributed by atoms with Crippen LogP contribution in [0.5, 0.6) is 5.75 Å². The van der Waals surface area contributed by atoms with Crippen molar-refractivity contribution in [2.24, 2.45) is 4.99 Å². The average Bonchev–Trinajstić information content (AvgIpc) is 2.89. The highest BCUT2D eigenvalue weighted by Crippen LogP contribution is 2.49. The number of phenolic OH excluding ortho intramolecular Hbond substituents is 1. The summed E-state index contributed by atoms with van der Waals surface area (Å²) in [7, 11) is 0. The third kappa shape index (κ3) is 3.77. The number of phenols is 1. The summed E-state index contributed by atoms with van der Waals surface area (Å²) in [6.07, 6.45) is 4.00. The maximum Gasteiger partial charge on any atom is 0.124 e. The number of para-hydroxylation sites is 1. The number of benzene rings is 4. The van der Waals surface area contributed by atoms with Gasteiger partial charge in [0.15, 0.2) is 0 Å². The molecule has 0 fully saturated rings. The van der Waals surface area contributed by atoms with E-state index in [1.54, 1.807) is 12.3 Å². The van der Waals surface area contributed by atoms with Gasteiger partial charge in [0.25, 0.3) is 0 Å². The van der Waals surface area contributed by atoms with Crippen LogP contribution in [-0.2, 0) is 0 Å². The highest BCUT2D eigenvalue weighted by Gasteiger charge is 2.34. The van der Waals surface area contributed by atoms with Crippen molar-refractivity contribution in [2.45, 2.75) is 24.7 Å². The van der Waals surface area contributed by atoms with Gasteiger partial charge in [-0.3, -0.25) is 4.99 Å². The molecule has 0 unspecified atom stereocenters. The third-order valence-electron chi connectivity index (χ3n) is 7.29. The zero-order valence-electron chi connectivity index (χ0n) is 19.1. The second kappa shape index (κ2) is 8.83. The van der Waals surface area contributed by atoms with Gasteiger partial charge < -0.3 is 10.0 Å². The van der Waals surface area contributed by atoms with Crippen LogP contribution in [0.4, 0.5) is 11.4 Å². The highest BCUT2D eigenvalue weighted by atomic mass is 16.3. The van der Waals surface area contributed by atoms with Gasteiger partial charge in [-0.2, -0.15) is 0 Å². The summed E-state index contributed by atoms with van der Waals surface area (Å²) < 4.78 is 0. The Balaban J connectivity index is 1.51. The summed E-state index contributed by atoms with van der Waals surface area (Å²) in [6.45, 7) is 2.17. The molecule has 0 saturated carbocycles. The van der Waals surface area contributed by atoms with E-state index in [0.29, 0.717) is 11.8 Å². The van der Waals surface area contributed by atoms with Crippen molar-refractivity contribution in [3.05, 3.63) is 125 Å². The second-order valence-electron chi connectivity index (χ2n) is 9.28. The molecule has 0 saturated heterocycles. The maximum absolute atomic E-state index is 10.2. The molecule has 0 radical (unpaired) electrons. The van der Waals surface area contributed by atoms with Crippen LogP contribution in [0.15, 0.2) is 102 Å². The predicted octanol–water partition coefficient (Wildman–Crippen LogP) is 7.02. The lowest BCUT2D eigenvalue weighted by molar-refractivity contribution is 0.474. The molecule has 0 amide bonds. The molecule has 4 aromatic rings. The van der Waals surface area contributed by atoms with E-state index in [1.165, 1.54) is 27.9 Å². The van der Waals surface area contributed by atoms with Gasteiger partial charge in [-0.05, 0) is 59.4 Å². The number of rotatable bonds is 4. The molecule has 1 N–H and O–H groups in total. The van der Waals surface area contributed by atoms with Gasteiger partial charge in [-0.25, -0.2) is 0 Å². The van der Waals surface area contributed by atoms with Crippen LogP contribution in [-0.4, -0.2) is 24.4 Å². The van der Waals surface area contributed by atoms with Crippen LogP contribution in [0, 0.1) is 0 Å². The number of nitrogens with zero attached hydrogens (tertiary/aromatic N) is 2. The van der Waals surface area contributed by atoms with Crippen LogP contribution in [0.3, 0.4) is 0 Å². The minimum atomic E-state index is 0.251. The number of anilines is 1. The minimum absolute atomic E-state index is 0.251. The Hall–Kier alpha value is -3.85. The predicted molar refractivity (Wildman–Crippen MR) is 140 cm³/mol. The fraction of sp³-hybridized carbons (Fsp3) is 0.194. The first-order valence-corrected chi connectivity index (χ1v) is 12.1. The first-order valence-electron chi connectivity index (χ1n) is 12.1. The van der Waals surface area contributed by atoms with Crippen molar-refractivity contribution in [1.29, 1.82) is 0 Å². The normalized spacial score (nSPS) is 19.2. The molecular weight excluding hydrogens is 416 g/mol. The van der Waals surface area contributed by atoms with Gasteiger partial charge in [0.05, 0.1) is 5.69 Å². The van der Waals surface area contributed by atoms with Gasteiger partial charge in [0.1, 0.15) is 5.75 Å². The summed E-state index contributed by atoms with van der Waals surface area (Å²) in [5.41, 5.74) is 8.57. The molecule has 3 heteroatoms. The van der Waals surface area contributed by atoms with Gasteiger partial charge in [-0.15, -0.1) is 0 Å². The second-order valence-corrected chi connectivity index (χ2v) is 9.28. The molecule has 3 nitrogen and oxygen atoms in total. The summed E-state index contributed by atoms with van der Waals surface area (Å²) >= 11 is 0. The molecule has 2 atom stereocenters. The summed E-state index contributed by atoms with van der Waals surface area (Å²) in [4.78, 5) is 7.44. The first kappa shape index (κ1) is 20.7. The van der Waals surface area contributed by atoms with Crippen LogP contribution < -0.4 is 4.90 Å². The van der Waals surface area contributed by atoms with Crippen molar-refractivity contribution in [2.75, 3.05) is 18.0 Å². The molecule has 6 rings (SSSR count). The Bertz CT molecular complexity index is 1260. The molecule has 34 heavy (non-hydrogen) atoms. The van der Waals surface area contributed by atoms with E-state index in [0.717, 1.165) is 37.2 Å². The number of aliphatic imine (C=N–C) groups is 1. The quantitative estimate of drug-likeness (QED) is 0.343. The summed E-state index contributed by atoms with van der Waals surface area (Å²) in [5, 5.41) is 10.2. The third-order valence-corrected chi connectivity index (χ3v) is 7.29. The van der Waals surface area contributed by atoms with Crippen LogP contribution in [0.1, 0.15) is 52.5 Å². The molecule has 0 aliphatic carbocycles. The molecule has 0 aromatic heterocycles. The fourth-order valence-corrected chi connectivity index (χ4v) is 5.65. The molecular formula is C31H28N2O. The van der Waals surface area contributed by atoms with Crippen molar-refractivity contribution >= 4 is 17.6 Å². The zero-order chi connectivity index (χ0) is 22.9. The standard InChI is InChI=1S/C31H28N2O/c34-30-14-8-7-13-24(30)21-32-25-19-28-26(22-9-3-1-4-10-22)15-17-33-18-16-27(29(20-25)31(28)33)23-11-5-2-6-12-23/h1-14,19-21,26-27,34H,15-18H2/t26-,27-/m1/s1. The summed E-state index contributed by atoms with van der Waals surface area (Å²) in [6, 6.07) is 33.6. The molecule has 0 spiro atoms. The van der Waals surface area contributed by atoms with Crippen molar-refractivity contribution in [3.63, 3.8) is 0 Å². The Morgan fingerprint density at radius 1 is 0.706 bits per heavy atom. The van der Waals surface area contributed by atoms with Crippen LogP contribution >= 0.6 is 0 Å². The van der Waals surface area contributed by atoms with Gasteiger partial charge in [-0.1, -0.05) is 72.8 Å². The van der Waals surface area contributed by atoms with E-state index in [9.17, 15) is 5.11 Å². The number of aromatic hydroxyl groups is 1. The number of hydrogen-bond donors (Lipinski definition) is 1. The molecule has 0 bridgehead atoms. The lowest BCUT2D eigenvalue weighted by Gasteiger charge is -2.43. The van der Waals surface area contributed by atoms with Crippen molar-refractivity contribution in [1.82, 2.24) is 0 Å². The molecule has 2 heterocycles. The molecule has 2 aliphatic rings. The van der Waals surface area contributed by atoms with E-state index in [-0.39, 0.29) is 5.75 Å². The Morgan fingerprint density at radius 2 is 1.24 bits per heavy atom. The number of hydrogen-bond acceptors (Lipinski definition) is 3. The first-order chi connectivity index (χ1) is 16.8. The van der Waals surface area contributed by atoms with E-state index in [1.807, 2.05) is 18.2 Å². The lowest BCUT2D eigenvalue weighted by Crippen LogP contribution is -2.37. The maximum atomic E-state index is 10.2. The van der Waals surface area contributed by atoms with Crippen molar-refractivity contribution in [3.8, 4) is 5.75 Å². The molecule has 4 aromatic carbocycles. The highest BCUT2D eigenvalue weighted by molar-refractivity contribution is 5.86. The van der Waals surface area contributed by atoms with Gasteiger partial charge in [0.2, 0.25) is 0 Å². The zero-order valence-corrected chi connectivity index (χ0v) is 19.1. The van der Waals surface area contributed by atoms with Crippen LogP contribution in [0.2, 0.25) is 0 Å². The van der Waals surface area contributed by atoms with Gasteiger partial charge >= 0.3 is 0 Å². The topological polar surface area (TPSA) is 35.8 Å². The molecule has 2 aliphatic heterocycles. The monoisotopic (exact) mass is 444 g/mol. The van der Waals surface area contributed by atoms with E-state index >= 15 is 0 Å². The van der Waals surface area contributed by atoms with E-state index < -0.39 is 0 Å². The molecule has 168 valence electrons. The van der Waals surface area contributed by atoms with E-state index in [2.05, 4.69) is 77.7 Å². The Morgan fingerprint density at radius 3 is 1.79 bits per heavy atom. The van der Waals surface area contributed by atoms with Crippen molar-refractivity contribution < 1.29 is 5.11 Å². The largest absolute Gasteiger partial charge is 0.507 e.